The van der Waals surface area contributed by atoms with Gasteiger partial charge in [-0.25, -0.2) is 4.79 Å². The summed E-state index contributed by atoms with van der Waals surface area (Å²) in [5, 5.41) is 12.9. The third-order valence-electron chi connectivity index (χ3n) is 5.65. The average Bonchev–Trinajstić information content (AvgIpc) is 2.74. The number of carboxylic acid groups (broad SMARTS) is 1. The van der Waals surface area contributed by atoms with Crippen LogP contribution in [-0.4, -0.2) is 49.8 Å². The molecule has 142 valence electrons. The van der Waals surface area contributed by atoms with E-state index in [0.717, 1.165) is 63.2 Å². The summed E-state index contributed by atoms with van der Waals surface area (Å²) in [6.45, 7) is 4.96. The number of hydrogen-bond acceptors (Lipinski definition) is 4. The van der Waals surface area contributed by atoms with E-state index in [9.17, 15) is 9.90 Å². The number of aliphatic carboxylic acids is 1. The van der Waals surface area contributed by atoms with Crippen molar-refractivity contribution in [1.82, 2.24) is 5.32 Å². The van der Waals surface area contributed by atoms with Crippen LogP contribution in [0.2, 0.25) is 0 Å². The van der Waals surface area contributed by atoms with Gasteiger partial charge in [0.1, 0.15) is 6.04 Å². The van der Waals surface area contributed by atoms with Gasteiger partial charge in [0.15, 0.2) is 0 Å². The van der Waals surface area contributed by atoms with E-state index in [1.54, 1.807) is 0 Å². The summed E-state index contributed by atoms with van der Waals surface area (Å²) in [6, 6.07) is 16.6. The van der Waals surface area contributed by atoms with Crippen molar-refractivity contribution in [3.8, 4) is 11.1 Å². The predicted octanol–water partition coefficient (Wildman–Crippen LogP) is 3.21. The van der Waals surface area contributed by atoms with Crippen LogP contribution in [-0.2, 0) is 4.79 Å². The number of anilines is 2. The molecule has 2 N–H and O–H groups in total. The second kappa shape index (κ2) is 8.01. The third-order valence-corrected chi connectivity index (χ3v) is 5.65. The van der Waals surface area contributed by atoms with Gasteiger partial charge in [-0.3, -0.25) is 0 Å². The van der Waals surface area contributed by atoms with Gasteiger partial charge >= 0.3 is 5.97 Å². The molecule has 0 amide bonds. The summed E-state index contributed by atoms with van der Waals surface area (Å²) in [5.41, 5.74) is 4.57. The Labute approximate surface area is 160 Å². The maximum Gasteiger partial charge on any atom is 0.326 e. The number of carboxylic acids is 1. The van der Waals surface area contributed by atoms with Crippen LogP contribution in [0.5, 0.6) is 0 Å². The Morgan fingerprint density at radius 3 is 2.44 bits per heavy atom. The smallest absolute Gasteiger partial charge is 0.326 e. The Hall–Kier alpha value is -2.53. The molecule has 5 nitrogen and oxygen atoms in total. The molecule has 0 radical (unpaired) electrons. The van der Waals surface area contributed by atoms with Gasteiger partial charge in [0.05, 0.1) is 0 Å². The molecule has 1 atom stereocenters. The minimum Gasteiger partial charge on any atom is -0.480 e. The second-order valence-electron chi connectivity index (χ2n) is 7.38. The molecule has 0 spiro atoms. The molecule has 2 saturated heterocycles. The van der Waals surface area contributed by atoms with Gasteiger partial charge in [0.2, 0.25) is 0 Å². The van der Waals surface area contributed by atoms with Crippen molar-refractivity contribution in [2.24, 2.45) is 0 Å². The Morgan fingerprint density at radius 1 is 0.926 bits per heavy atom. The van der Waals surface area contributed by atoms with E-state index < -0.39 is 12.0 Å². The van der Waals surface area contributed by atoms with Gasteiger partial charge in [-0.2, -0.15) is 0 Å². The highest BCUT2D eigenvalue weighted by Gasteiger charge is 2.28. The molecule has 4 rings (SSSR count). The highest BCUT2D eigenvalue weighted by atomic mass is 16.4. The van der Waals surface area contributed by atoms with Gasteiger partial charge in [0, 0.05) is 44.1 Å². The summed E-state index contributed by atoms with van der Waals surface area (Å²) in [7, 11) is 0. The molecule has 2 aliphatic heterocycles. The van der Waals surface area contributed by atoms with Gasteiger partial charge in [-0.1, -0.05) is 24.3 Å². The standard InChI is InChI=1S/C22H27N3O2/c26-22(27)21-6-1-2-13-25(21)20-5-3-4-18(16-20)17-7-9-19(10-8-17)24-14-11-23-12-15-24/h3-5,7-10,16,21,23H,1-2,6,11-15H2,(H,26,27). The first-order valence-electron chi connectivity index (χ1n) is 9.88. The van der Waals surface area contributed by atoms with Crippen LogP contribution in [0.4, 0.5) is 11.4 Å². The minimum absolute atomic E-state index is 0.413. The minimum atomic E-state index is -0.722. The number of benzene rings is 2. The Morgan fingerprint density at radius 2 is 1.70 bits per heavy atom. The maximum atomic E-state index is 11.6. The van der Waals surface area contributed by atoms with Crippen LogP contribution in [0.3, 0.4) is 0 Å². The SMILES string of the molecule is O=C(O)C1CCCCN1c1cccc(-c2ccc(N3CCNCC3)cc2)c1. The quantitative estimate of drug-likeness (QED) is 0.871. The molecule has 0 saturated carbocycles. The van der Waals surface area contributed by atoms with Crippen LogP contribution in [0, 0.1) is 0 Å². The van der Waals surface area contributed by atoms with Crippen molar-refractivity contribution in [1.29, 1.82) is 0 Å². The number of nitrogens with zero attached hydrogens (tertiary/aromatic N) is 2. The highest BCUT2D eigenvalue weighted by Crippen LogP contribution is 2.30. The molecular weight excluding hydrogens is 338 g/mol. The fourth-order valence-electron chi connectivity index (χ4n) is 4.15. The molecule has 0 aromatic heterocycles. The zero-order valence-corrected chi connectivity index (χ0v) is 15.6. The first-order valence-corrected chi connectivity index (χ1v) is 9.88. The number of piperazine rings is 1. The van der Waals surface area contributed by atoms with E-state index in [1.807, 2.05) is 17.0 Å². The van der Waals surface area contributed by atoms with Gasteiger partial charge in [-0.15, -0.1) is 0 Å². The van der Waals surface area contributed by atoms with E-state index in [1.165, 1.54) is 11.3 Å². The lowest BCUT2D eigenvalue weighted by Gasteiger charge is -2.35. The molecule has 5 heteroatoms. The Balaban J connectivity index is 1.56. The lowest BCUT2D eigenvalue weighted by Crippen LogP contribution is -2.44. The van der Waals surface area contributed by atoms with E-state index >= 15 is 0 Å². The maximum absolute atomic E-state index is 11.6. The summed E-state index contributed by atoms with van der Waals surface area (Å²) in [4.78, 5) is 16.1. The van der Waals surface area contributed by atoms with Gasteiger partial charge < -0.3 is 20.2 Å². The normalized spacial score (nSPS) is 20.5. The Bertz CT molecular complexity index is 784. The van der Waals surface area contributed by atoms with E-state index in [2.05, 4.69) is 46.6 Å². The lowest BCUT2D eigenvalue weighted by atomic mass is 9.99. The van der Waals surface area contributed by atoms with Gasteiger partial charge in [-0.05, 0) is 54.7 Å². The molecule has 2 heterocycles. The molecular formula is C22H27N3O2. The van der Waals surface area contributed by atoms with Crippen molar-refractivity contribution in [2.45, 2.75) is 25.3 Å². The molecule has 2 aliphatic rings. The molecule has 2 fully saturated rings. The largest absolute Gasteiger partial charge is 0.480 e. The third kappa shape index (κ3) is 3.93. The monoisotopic (exact) mass is 365 g/mol. The van der Waals surface area contributed by atoms with Crippen LogP contribution >= 0.6 is 0 Å². The number of piperidine rings is 1. The first-order chi connectivity index (χ1) is 13.2. The summed E-state index contributed by atoms with van der Waals surface area (Å²) < 4.78 is 0. The van der Waals surface area contributed by atoms with Crippen LogP contribution in [0.15, 0.2) is 48.5 Å². The van der Waals surface area contributed by atoms with Crippen LogP contribution in [0.25, 0.3) is 11.1 Å². The molecule has 0 aliphatic carbocycles. The zero-order valence-electron chi connectivity index (χ0n) is 15.6. The lowest BCUT2D eigenvalue weighted by molar-refractivity contribution is -0.139. The van der Waals surface area contributed by atoms with Crippen molar-refractivity contribution in [3.63, 3.8) is 0 Å². The van der Waals surface area contributed by atoms with Crippen LogP contribution < -0.4 is 15.1 Å². The second-order valence-corrected chi connectivity index (χ2v) is 7.38. The molecule has 27 heavy (non-hydrogen) atoms. The zero-order chi connectivity index (χ0) is 18.6. The Kier molecular flexibility index (Phi) is 5.30. The summed E-state index contributed by atoms with van der Waals surface area (Å²) in [6.07, 6.45) is 2.76. The van der Waals surface area contributed by atoms with Crippen molar-refractivity contribution in [2.75, 3.05) is 42.5 Å². The molecule has 0 bridgehead atoms. The van der Waals surface area contributed by atoms with E-state index in [-0.39, 0.29) is 0 Å². The fourth-order valence-corrected chi connectivity index (χ4v) is 4.15. The number of nitrogens with one attached hydrogen (secondary N) is 1. The number of carbonyl (C=O) groups is 1. The number of hydrogen-bond donors (Lipinski definition) is 2. The summed E-state index contributed by atoms with van der Waals surface area (Å²) >= 11 is 0. The fraction of sp³-hybridized carbons (Fsp3) is 0.409. The average molecular weight is 365 g/mol. The predicted molar refractivity (Wildman–Crippen MR) is 110 cm³/mol. The highest BCUT2D eigenvalue weighted by molar-refractivity contribution is 5.79. The topological polar surface area (TPSA) is 55.8 Å². The van der Waals surface area contributed by atoms with E-state index in [0.29, 0.717) is 0 Å². The number of rotatable bonds is 4. The first kappa shape index (κ1) is 17.9. The van der Waals surface area contributed by atoms with Crippen LogP contribution in [0.1, 0.15) is 19.3 Å². The molecule has 2 aromatic carbocycles. The summed E-state index contributed by atoms with van der Waals surface area (Å²) in [5.74, 6) is -0.722. The van der Waals surface area contributed by atoms with E-state index in [4.69, 9.17) is 0 Å². The van der Waals surface area contributed by atoms with Crippen molar-refractivity contribution in [3.05, 3.63) is 48.5 Å². The van der Waals surface area contributed by atoms with Crippen molar-refractivity contribution >= 4 is 17.3 Å². The van der Waals surface area contributed by atoms with Gasteiger partial charge in [0.25, 0.3) is 0 Å². The molecule has 2 aromatic rings. The molecule has 1 unspecified atom stereocenters. The van der Waals surface area contributed by atoms with Crippen molar-refractivity contribution < 1.29 is 9.90 Å².